The number of hydrogen-bond acceptors (Lipinski definition) is 7. The van der Waals surface area contributed by atoms with Crippen molar-refractivity contribution in [3.05, 3.63) is 155 Å². The van der Waals surface area contributed by atoms with E-state index < -0.39 is 30.6 Å². The molecule has 8 heteroatoms. The number of aryl methyl sites for hydroxylation is 1. The first-order valence-corrected chi connectivity index (χ1v) is 15.3. The highest BCUT2D eigenvalue weighted by Gasteiger charge is 2.49. The van der Waals surface area contributed by atoms with E-state index in [1.807, 2.05) is 110 Å². The molecule has 232 valence electrons. The second-order valence-corrected chi connectivity index (χ2v) is 11.2. The van der Waals surface area contributed by atoms with E-state index >= 15 is 0 Å². The highest BCUT2D eigenvalue weighted by molar-refractivity contribution is 5.16. The molecule has 0 radical (unpaired) electrons. The van der Waals surface area contributed by atoms with E-state index in [2.05, 4.69) is 34.6 Å². The molecule has 1 fully saturated rings. The van der Waals surface area contributed by atoms with Gasteiger partial charge in [-0.1, -0.05) is 127 Å². The standard InChI is InChI=1S/C37H39N3O5/c1-28-22-40(39-38-28)37-36(44-26-32-20-12-5-13-21-32)35(43-25-31-18-10-4-11-19-31)34(42-24-30-16-8-3-9-17-30)33(45-37)27-41-23-29-14-6-2-7-15-29/h2-22,33-37H,23-27H2,1H3/t33-,34-,35+,36-,37?/m1/s1. The van der Waals surface area contributed by atoms with Crippen LogP contribution in [0.4, 0.5) is 0 Å². The summed E-state index contributed by atoms with van der Waals surface area (Å²) in [6.07, 6.45) is -0.842. The van der Waals surface area contributed by atoms with Gasteiger partial charge in [0.1, 0.15) is 24.4 Å². The summed E-state index contributed by atoms with van der Waals surface area (Å²) >= 11 is 0. The van der Waals surface area contributed by atoms with Gasteiger partial charge < -0.3 is 23.7 Å². The van der Waals surface area contributed by atoms with E-state index in [1.165, 1.54) is 0 Å². The summed E-state index contributed by atoms with van der Waals surface area (Å²) in [5.74, 6) is 0. The van der Waals surface area contributed by atoms with Crippen LogP contribution in [0.25, 0.3) is 0 Å². The second-order valence-electron chi connectivity index (χ2n) is 11.2. The van der Waals surface area contributed by atoms with Crippen molar-refractivity contribution in [2.24, 2.45) is 0 Å². The summed E-state index contributed by atoms with van der Waals surface area (Å²) in [7, 11) is 0. The molecule has 4 aromatic carbocycles. The third kappa shape index (κ3) is 8.51. The van der Waals surface area contributed by atoms with Crippen molar-refractivity contribution in [1.29, 1.82) is 0 Å². The van der Waals surface area contributed by atoms with Crippen molar-refractivity contribution < 1.29 is 23.7 Å². The predicted octanol–water partition coefficient (Wildman–Crippen LogP) is 6.46. The minimum Gasteiger partial charge on any atom is -0.374 e. The van der Waals surface area contributed by atoms with Gasteiger partial charge in [-0.25, -0.2) is 4.68 Å². The van der Waals surface area contributed by atoms with Gasteiger partial charge in [0.25, 0.3) is 0 Å². The van der Waals surface area contributed by atoms with Gasteiger partial charge in [0, 0.05) is 0 Å². The number of nitrogens with zero attached hydrogens (tertiary/aromatic N) is 3. The molecule has 0 bridgehead atoms. The lowest BCUT2D eigenvalue weighted by molar-refractivity contribution is -0.292. The van der Waals surface area contributed by atoms with Crippen LogP contribution in [-0.2, 0) is 50.1 Å². The van der Waals surface area contributed by atoms with E-state index in [0.29, 0.717) is 26.4 Å². The van der Waals surface area contributed by atoms with Crippen molar-refractivity contribution in [2.75, 3.05) is 6.61 Å². The van der Waals surface area contributed by atoms with Gasteiger partial charge in [-0.2, -0.15) is 0 Å². The Morgan fingerprint density at radius 1 is 0.578 bits per heavy atom. The smallest absolute Gasteiger partial charge is 0.181 e. The summed E-state index contributed by atoms with van der Waals surface area (Å²) in [6, 6.07) is 40.4. The van der Waals surface area contributed by atoms with Crippen LogP contribution in [0.5, 0.6) is 0 Å². The third-order valence-corrected chi connectivity index (χ3v) is 7.74. The van der Waals surface area contributed by atoms with E-state index in [9.17, 15) is 0 Å². The van der Waals surface area contributed by atoms with Gasteiger partial charge in [-0.15, -0.1) is 5.10 Å². The topological polar surface area (TPSA) is 76.9 Å². The average Bonchev–Trinajstić information content (AvgIpc) is 3.53. The summed E-state index contributed by atoms with van der Waals surface area (Å²) in [4.78, 5) is 0. The molecule has 0 amide bonds. The van der Waals surface area contributed by atoms with Crippen LogP contribution in [0.2, 0.25) is 0 Å². The van der Waals surface area contributed by atoms with Crippen molar-refractivity contribution in [3.63, 3.8) is 0 Å². The molecule has 1 saturated heterocycles. The Labute approximate surface area is 264 Å². The number of benzene rings is 4. The first-order valence-electron chi connectivity index (χ1n) is 15.3. The van der Waals surface area contributed by atoms with E-state index in [0.717, 1.165) is 27.9 Å². The Bertz CT molecular complexity index is 1550. The van der Waals surface area contributed by atoms with Gasteiger partial charge in [-0.3, -0.25) is 0 Å². The molecular formula is C37H39N3O5. The molecule has 1 aromatic heterocycles. The zero-order valence-electron chi connectivity index (χ0n) is 25.4. The maximum atomic E-state index is 6.81. The maximum Gasteiger partial charge on any atom is 0.181 e. The number of aromatic nitrogens is 3. The van der Waals surface area contributed by atoms with Crippen LogP contribution in [0.1, 0.15) is 34.2 Å². The second kappa shape index (κ2) is 15.7. The highest BCUT2D eigenvalue weighted by Crippen LogP contribution is 2.35. The van der Waals surface area contributed by atoms with E-state index in [4.69, 9.17) is 23.7 Å². The minimum atomic E-state index is -0.627. The summed E-state index contributed by atoms with van der Waals surface area (Å²) in [5, 5.41) is 8.66. The molecule has 1 aliphatic rings. The summed E-state index contributed by atoms with van der Waals surface area (Å²) < 4.78 is 35.0. The molecule has 8 nitrogen and oxygen atoms in total. The van der Waals surface area contributed by atoms with Crippen LogP contribution in [0.15, 0.2) is 128 Å². The first kappa shape index (κ1) is 30.8. The molecule has 45 heavy (non-hydrogen) atoms. The molecule has 0 N–H and O–H groups in total. The van der Waals surface area contributed by atoms with Crippen molar-refractivity contribution in [1.82, 2.24) is 15.0 Å². The van der Waals surface area contributed by atoms with Gasteiger partial charge in [0.15, 0.2) is 6.23 Å². The molecule has 1 aliphatic heterocycles. The molecule has 2 heterocycles. The van der Waals surface area contributed by atoms with Gasteiger partial charge in [-0.05, 0) is 29.2 Å². The van der Waals surface area contributed by atoms with Crippen LogP contribution in [0.3, 0.4) is 0 Å². The highest BCUT2D eigenvalue weighted by atomic mass is 16.6. The lowest BCUT2D eigenvalue weighted by Crippen LogP contribution is -2.59. The third-order valence-electron chi connectivity index (χ3n) is 7.74. The average molecular weight is 606 g/mol. The van der Waals surface area contributed by atoms with Gasteiger partial charge >= 0.3 is 0 Å². The summed E-state index contributed by atoms with van der Waals surface area (Å²) in [5.41, 5.74) is 5.01. The molecule has 0 saturated carbocycles. The van der Waals surface area contributed by atoms with Gasteiger partial charge in [0.2, 0.25) is 0 Å². The quantitative estimate of drug-likeness (QED) is 0.144. The van der Waals surface area contributed by atoms with Crippen LogP contribution in [-0.4, -0.2) is 46.0 Å². The Balaban J connectivity index is 1.32. The van der Waals surface area contributed by atoms with Crippen LogP contribution >= 0.6 is 0 Å². The monoisotopic (exact) mass is 605 g/mol. The Morgan fingerprint density at radius 2 is 1.02 bits per heavy atom. The fourth-order valence-electron chi connectivity index (χ4n) is 5.47. The molecule has 6 rings (SSSR count). The van der Waals surface area contributed by atoms with E-state index in [-0.39, 0.29) is 6.61 Å². The Hall–Kier alpha value is -4.18. The number of ether oxygens (including phenoxy) is 5. The predicted molar refractivity (Wildman–Crippen MR) is 170 cm³/mol. The molecular weight excluding hydrogens is 566 g/mol. The first-order chi connectivity index (χ1) is 22.2. The zero-order chi connectivity index (χ0) is 30.7. The molecule has 1 unspecified atom stereocenters. The minimum absolute atomic E-state index is 0.287. The van der Waals surface area contributed by atoms with Crippen LogP contribution in [0, 0.1) is 6.92 Å². The molecule has 5 atom stereocenters. The largest absolute Gasteiger partial charge is 0.374 e. The van der Waals surface area contributed by atoms with Crippen LogP contribution < -0.4 is 0 Å². The lowest BCUT2D eigenvalue weighted by atomic mass is 9.97. The number of hydrogen-bond donors (Lipinski definition) is 0. The summed E-state index contributed by atoms with van der Waals surface area (Å²) in [6.45, 7) is 3.76. The SMILES string of the molecule is Cc1cn(C2O[C@H](COCc3ccccc3)[C@@H](OCc3ccccc3)[C@H](OCc3ccccc3)[C@H]2OCc2ccccc2)nn1. The van der Waals surface area contributed by atoms with Crippen molar-refractivity contribution >= 4 is 0 Å². The number of rotatable bonds is 14. The molecule has 0 aliphatic carbocycles. The van der Waals surface area contributed by atoms with Crippen molar-refractivity contribution in [3.8, 4) is 0 Å². The molecule has 0 spiro atoms. The lowest BCUT2D eigenvalue weighted by Gasteiger charge is -2.46. The zero-order valence-corrected chi connectivity index (χ0v) is 25.4. The van der Waals surface area contributed by atoms with Crippen molar-refractivity contribution in [2.45, 2.75) is 64.0 Å². The maximum absolute atomic E-state index is 6.81. The fraction of sp³-hybridized carbons (Fsp3) is 0.297. The normalized spacial score (nSPS) is 21.5. The fourth-order valence-corrected chi connectivity index (χ4v) is 5.47. The van der Waals surface area contributed by atoms with E-state index in [1.54, 1.807) is 4.68 Å². The molecule has 5 aromatic rings. The van der Waals surface area contributed by atoms with Gasteiger partial charge in [0.05, 0.1) is 44.9 Å². The Kier molecular flexibility index (Phi) is 10.8. The Morgan fingerprint density at radius 3 is 1.49 bits per heavy atom.